The number of carbonyl (C=O) groups is 2. The Morgan fingerprint density at radius 3 is 2.58 bits per heavy atom. The maximum atomic E-state index is 11.9. The lowest BCUT2D eigenvalue weighted by atomic mass is 10.2. The van der Waals surface area contributed by atoms with Crippen molar-refractivity contribution in [2.24, 2.45) is 5.10 Å². The second kappa shape index (κ2) is 9.20. The number of nitrogens with one attached hydrogen (secondary N) is 2. The number of halogens is 1. The minimum Gasteiger partial charge on any atom is -0.352 e. The highest BCUT2D eigenvalue weighted by molar-refractivity contribution is 7.10. The predicted molar refractivity (Wildman–Crippen MR) is 97.2 cm³/mol. The fraction of sp³-hybridized carbons (Fsp3) is 0.235. The van der Waals surface area contributed by atoms with Gasteiger partial charge in [-0.25, -0.2) is 5.43 Å². The molecule has 1 aromatic carbocycles. The van der Waals surface area contributed by atoms with Crippen LogP contribution in [0.5, 0.6) is 0 Å². The highest BCUT2D eigenvalue weighted by Crippen LogP contribution is 2.09. The molecule has 126 valence electrons. The smallest absolute Gasteiger partial charge is 0.245 e. The molecule has 24 heavy (non-hydrogen) atoms. The van der Waals surface area contributed by atoms with Crippen molar-refractivity contribution in [3.63, 3.8) is 0 Å². The summed E-state index contributed by atoms with van der Waals surface area (Å²) in [7, 11) is 0. The van der Waals surface area contributed by atoms with Crippen molar-refractivity contribution in [2.75, 3.05) is 0 Å². The number of thiophene rings is 1. The van der Waals surface area contributed by atoms with Gasteiger partial charge >= 0.3 is 0 Å². The molecule has 5 nitrogen and oxygen atoms in total. The van der Waals surface area contributed by atoms with Crippen LogP contribution in [0.2, 0.25) is 5.02 Å². The van der Waals surface area contributed by atoms with Gasteiger partial charge in [-0.2, -0.15) is 5.10 Å². The zero-order valence-corrected chi connectivity index (χ0v) is 14.8. The van der Waals surface area contributed by atoms with Gasteiger partial charge in [0.2, 0.25) is 11.8 Å². The summed E-state index contributed by atoms with van der Waals surface area (Å²) >= 11 is 7.33. The number of hydrogen-bond donors (Lipinski definition) is 2. The number of rotatable bonds is 7. The van der Waals surface area contributed by atoms with Crippen molar-refractivity contribution in [3.05, 3.63) is 57.2 Å². The van der Waals surface area contributed by atoms with Gasteiger partial charge in [0, 0.05) is 22.2 Å². The zero-order chi connectivity index (χ0) is 17.4. The van der Waals surface area contributed by atoms with Crippen molar-refractivity contribution in [2.45, 2.75) is 26.3 Å². The van der Waals surface area contributed by atoms with E-state index in [0.717, 1.165) is 10.4 Å². The molecule has 0 bridgehead atoms. The summed E-state index contributed by atoms with van der Waals surface area (Å²) in [5, 5.41) is 9.33. The molecule has 0 saturated heterocycles. The molecule has 1 heterocycles. The van der Waals surface area contributed by atoms with Crippen LogP contribution >= 0.6 is 22.9 Å². The van der Waals surface area contributed by atoms with Gasteiger partial charge in [-0.15, -0.1) is 11.3 Å². The van der Waals surface area contributed by atoms with Gasteiger partial charge in [0.05, 0.1) is 12.8 Å². The second-order valence-electron chi connectivity index (χ2n) is 5.22. The molecule has 0 unspecified atom stereocenters. The monoisotopic (exact) mass is 363 g/mol. The first-order chi connectivity index (χ1) is 11.5. The quantitative estimate of drug-likeness (QED) is 0.586. The molecule has 0 saturated carbocycles. The average Bonchev–Trinajstić information content (AvgIpc) is 3.05. The SMILES string of the molecule is CC(CC(=O)NCc1ccc(Cl)cc1)=NNC(=O)Cc1cccs1. The van der Waals surface area contributed by atoms with E-state index in [2.05, 4.69) is 15.8 Å². The Hall–Kier alpha value is -2.18. The van der Waals surface area contributed by atoms with Crippen LogP contribution in [0.1, 0.15) is 23.8 Å². The summed E-state index contributed by atoms with van der Waals surface area (Å²) in [5.41, 5.74) is 3.98. The van der Waals surface area contributed by atoms with Gasteiger partial charge in [0.1, 0.15) is 0 Å². The summed E-state index contributed by atoms with van der Waals surface area (Å²) in [6.07, 6.45) is 0.421. The number of nitrogens with zero attached hydrogens (tertiary/aromatic N) is 1. The van der Waals surface area contributed by atoms with Crippen molar-refractivity contribution >= 4 is 40.5 Å². The normalized spacial score (nSPS) is 11.2. The van der Waals surface area contributed by atoms with Crippen LogP contribution in [0.15, 0.2) is 46.9 Å². The highest BCUT2D eigenvalue weighted by atomic mass is 35.5. The topological polar surface area (TPSA) is 70.6 Å². The molecule has 0 spiro atoms. The zero-order valence-electron chi connectivity index (χ0n) is 13.2. The average molecular weight is 364 g/mol. The maximum absolute atomic E-state index is 11.9. The summed E-state index contributed by atoms with van der Waals surface area (Å²) in [4.78, 5) is 24.6. The van der Waals surface area contributed by atoms with Gasteiger partial charge in [-0.1, -0.05) is 29.8 Å². The number of hydrogen-bond acceptors (Lipinski definition) is 4. The predicted octanol–water partition coefficient (Wildman–Crippen LogP) is 3.14. The second-order valence-corrected chi connectivity index (χ2v) is 6.69. The van der Waals surface area contributed by atoms with E-state index < -0.39 is 0 Å². The molecule has 2 rings (SSSR count). The first kappa shape index (κ1) is 18.2. The Balaban J connectivity index is 1.72. The Morgan fingerprint density at radius 1 is 1.17 bits per heavy atom. The third kappa shape index (κ3) is 6.52. The Kier molecular flexibility index (Phi) is 6.96. The van der Waals surface area contributed by atoms with Crippen molar-refractivity contribution in [1.29, 1.82) is 0 Å². The van der Waals surface area contributed by atoms with E-state index in [1.165, 1.54) is 11.3 Å². The largest absolute Gasteiger partial charge is 0.352 e. The Bertz CT molecular complexity index is 712. The molecule has 1 aromatic heterocycles. The van der Waals surface area contributed by atoms with Crippen LogP contribution < -0.4 is 10.7 Å². The number of carbonyl (C=O) groups excluding carboxylic acids is 2. The van der Waals surface area contributed by atoms with E-state index in [0.29, 0.717) is 17.3 Å². The first-order valence-electron chi connectivity index (χ1n) is 7.38. The Labute approximate surface area is 149 Å². The summed E-state index contributed by atoms with van der Waals surface area (Å²) in [6, 6.07) is 11.1. The molecule has 0 atom stereocenters. The van der Waals surface area contributed by atoms with E-state index in [-0.39, 0.29) is 24.7 Å². The van der Waals surface area contributed by atoms with E-state index in [1.807, 2.05) is 29.6 Å². The molecule has 2 N–H and O–H groups in total. The molecule has 0 aliphatic carbocycles. The summed E-state index contributed by atoms with van der Waals surface area (Å²) < 4.78 is 0. The van der Waals surface area contributed by atoms with E-state index in [4.69, 9.17) is 11.6 Å². The molecule has 0 radical (unpaired) electrons. The molecule has 0 fully saturated rings. The molecule has 0 aliphatic heterocycles. The molecular formula is C17H18ClN3O2S. The van der Waals surface area contributed by atoms with E-state index in [1.54, 1.807) is 19.1 Å². The van der Waals surface area contributed by atoms with E-state index >= 15 is 0 Å². The van der Waals surface area contributed by atoms with E-state index in [9.17, 15) is 9.59 Å². The lowest BCUT2D eigenvalue weighted by Gasteiger charge is -2.06. The van der Waals surface area contributed by atoms with Gasteiger partial charge in [-0.05, 0) is 36.1 Å². The lowest BCUT2D eigenvalue weighted by molar-refractivity contribution is -0.121. The van der Waals surface area contributed by atoms with Crippen molar-refractivity contribution in [3.8, 4) is 0 Å². The minimum atomic E-state index is -0.196. The first-order valence-corrected chi connectivity index (χ1v) is 8.64. The van der Waals surface area contributed by atoms with Crippen molar-refractivity contribution < 1.29 is 9.59 Å². The van der Waals surface area contributed by atoms with Gasteiger partial charge in [0.15, 0.2) is 0 Å². The fourth-order valence-electron chi connectivity index (χ4n) is 1.91. The van der Waals surface area contributed by atoms with Gasteiger partial charge in [0.25, 0.3) is 0 Å². The number of amides is 2. The standard InChI is InChI=1S/C17H18ClN3O2S/c1-12(20-21-17(23)10-15-3-2-8-24-15)9-16(22)19-11-13-4-6-14(18)7-5-13/h2-8H,9-11H2,1H3,(H,19,22)(H,21,23). The number of benzene rings is 1. The van der Waals surface area contributed by atoms with Crippen LogP contribution in [0, 0.1) is 0 Å². The molecule has 7 heteroatoms. The van der Waals surface area contributed by atoms with Crippen LogP contribution in [0.3, 0.4) is 0 Å². The summed E-state index contributed by atoms with van der Waals surface area (Å²) in [5.74, 6) is -0.350. The molecule has 2 amide bonds. The molecule has 0 aliphatic rings. The number of hydrazone groups is 1. The van der Waals surface area contributed by atoms with Crippen LogP contribution in [0.4, 0.5) is 0 Å². The third-order valence-corrected chi connectivity index (χ3v) is 4.23. The molecule has 2 aromatic rings. The summed E-state index contributed by atoms with van der Waals surface area (Å²) in [6.45, 7) is 2.13. The minimum absolute atomic E-state index is 0.132. The highest BCUT2D eigenvalue weighted by Gasteiger charge is 2.06. The third-order valence-electron chi connectivity index (χ3n) is 3.11. The Morgan fingerprint density at radius 2 is 1.92 bits per heavy atom. The van der Waals surface area contributed by atoms with Crippen LogP contribution in [-0.2, 0) is 22.6 Å². The fourth-order valence-corrected chi connectivity index (χ4v) is 2.74. The van der Waals surface area contributed by atoms with Crippen molar-refractivity contribution in [1.82, 2.24) is 10.7 Å². The maximum Gasteiger partial charge on any atom is 0.245 e. The lowest BCUT2D eigenvalue weighted by Crippen LogP contribution is -2.26. The van der Waals surface area contributed by atoms with Crippen LogP contribution in [0.25, 0.3) is 0 Å². The van der Waals surface area contributed by atoms with Gasteiger partial charge in [-0.3, -0.25) is 9.59 Å². The van der Waals surface area contributed by atoms with Gasteiger partial charge < -0.3 is 5.32 Å². The van der Waals surface area contributed by atoms with Crippen LogP contribution in [-0.4, -0.2) is 17.5 Å². The molecular weight excluding hydrogens is 346 g/mol.